The molecular weight excluding hydrogens is 268 g/mol. The summed E-state index contributed by atoms with van der Waals surface area (Å²) in [7, 11) is 0. The highest BCUT2D eigenvalue weighted by atomic mass is 16.5. The molecule has 1 unspecified atom stereocenters. The number of nitrogens with zero attached hydrogens (tertiary/aromatic N) is 3. The summed E-state index contributed by atoms with van der Waals surface area (Å²) in [6, 6.07) is 9.63. The van der Waals surface area contributed by atoms with Gasteiger partial charge in [0.1, 0.15) is 12.4 Å². The van der Waals surface area contributed by atoms with Gasteiger partial charge < -0.3 is 15.0 Å². The summed E-state index contributed by atoms with van der Waals surface area (Å²) in [5.41, 5.74) is 8.15. The van der Waals surface area contributed by atoms with Crippen molar-refractivity contribution in [2.75, 3.05) is 12.3 Å². The summed E-state index contributed by atoms with van der Waals surface area (Å²) in [5.74, 6) is 1.86. The van der Waals surface area contributed by atoms with Crippen LogP contribution < -0.4 is 10.5 Å². The number of hydrogen-bond donors (Lipinski definition) is 1. The Balaban J connectivity index is 1.72. The third kappa shape index (κ3) is 1.92. The molecule has 21 heavy (non-hydrogen) atoms. The van der Waals surface area contributed by atoms with Gasteiger partial charge in [0.05, 0.1) is 23.4 Å². The number of pyridine rings is 1. The minimum Gasteiger partial charge on any atom is -0.492 e. The molecule has 2 aromatic heterocycles. The molecule has 1 aromatic carbocycles. The molecule has 4 rings (SSSR count). The van der Waals surface area contributed by atoms with Gasteiger partial charge in [-0.05, 0) is 12.1 Å². The van der Waals surface area contributed by atoms with Crippen molar-refractivity contribution in [1.29, 1.82) is 0 Å². The standard InChI is InChI=1S/C15H12N4O2/c16-12-7-17-6-5-10(12)15-18-14(19-21-15)11-8-20-13-4-2-1-3-9(11)13/h1-7,11H,8,16H2. The van der Waals surface area contributed by atoms with Gasteiger partial charge in [-0.3, -0.25) is 4.98 Å². The van der Waals surface area contributed by atoms with Gasteiger partial charge in [0.15, 0.2) is 5.82 Å². The van der Waals surface area contributed by atoms with Gasteiger partial charge in [-0.2, -0.15) is 4.98 Å². The van der Waals surface area contributed by atoms with E-state index in [2.05, 4.69) is 15.1 Å². The SMILES string of the molecule is Nc1cnccc1-c1nc(C2COc3ccccc32)no1. The summed E-state index contributed by atoms with van der Waals surface area (Å²) in [4.78, 5) is 8.41. The van der Waals surface area contributed by atoms with Crippen molar-refractivity contribution in [3.63, 3.8) is 0 Å². The molecule has 0 spiro atoms. The number of ether oxygens (including phenoxy) is 1. The van der Waals surface area contributed by atoms with Crippen LogP contribution in [0.3, 0.4) is 0 Å². The zero-order chi connectivity index (χ0) is 14.2. The van der Waals surface area contributed by atoms with E-state index in [1.807, 2.05) is 24.3 Å². The summed E-state index contributed by atoms with van der Waals surface area (Å²) in [5, 5.41) is 4.07. The molecular formula is C15H12N4O2. The second-order valence-electron chi connectivity index (χ2n) is 4.82. The molecule has 0 saturated heterocycles. The number of hydrogen-bond acceptors (Lipinski definition) is 6. The van der Waals surface area contributed by atoms with Crippen molar-refractivity contribution in [1.82, 2.24) is 15.1 Å². The molecule has 1 aliphatic rings. The van der Waals surface area contributed by atoms with Crippen LogP contribution in [0.15, 0.2) is 47.2 Å². The molecule has 1 atom stereocenters. The maximum atomic E-state index is 5.88. The van der Waals surface area contributed by atoms with E-state index in [9.17, 15) is 0 Å². The Bertz CT molecular complexity index is 800. The molecule has 104 valence electrons. The van der Waals surface area contributed by atoms with Crippen molar-refractivity contribution in [2.45, 2.75) is 5.92 Å². The van der Waals surface area contributed by atoms with E-state index in [0.29, 0.717) is 29.6 Å². The van der Waals surface area contributed by atoms with Crippen LogP contribution in [0.1, 0.15) is 17.3 Å². The van der Waals surface area contributed by atoms with E-state index in [1.165, 1.54) is 0 Å². The first kappa shape index (κ1) is 11.9. The fraction of sp³-hybridized carbons (Fsp3) is 0.133. The molecule has 3 heterocycles. The van der Waals surface area contributed by atoms with E-state index in [-0.39, 0.29) is 5.92 Å². The lowest BCUT2D eigenvalue weighted by Gasteiger charge is -2.01. The zero-order valence-corrected chi connectivity index (χ0v) is 11.1. The number of rotatable bonds is 2. The number of nitrogens with two attached hydrogens (primary N) is 1. The van der Waals surface area contributed by atoms with Gasteiger partial charge in [0, 0.05) is 11.8 Å². The van der Waals surface area contributed by atoms with Crippen LogP contribution in [0.4, 0.5) is 5.69 Å². The maximum Gasteiger partial charge on any atom is 0.260 e. The lowest BCUT2D eigenvalue weighted by atomic mass is 10.0. The van der Waals surface area contributed by atoms with Gasteiger partial charge in [0.2, 0.25) is 0 Å². The molecule has 3 aromatic rings. The third-order valence-corrected chi connectivity index (χ3v) is 3.54. The van der Waals surface area contributed by atoms with E-state index in [0.717, 1.165) is 11.3 Å². The molecule has 6 heteroatoms. The van der Waals surface area contributed by atoms with Crippen molar-refractivity contribution in [3.05, 3.63) is 54.1 Å². The van der Waals surface area contributed by atoms with Crippen molar-refractivity contribution in [2.24, 2.45) is 0 Å². The van der Waals surface area contributed by atoms with E-state index in [1.54, 1.807) is 18.5 Å². The quantitative estimate of drug-likeness (QED) is 0.774. The molecule has 0 aliphatic carbocycles. The molecule has 0 amide bonds. The highest BCUT2D eigenvalue weighted by Gasteiger charge is 2.29. The second kappa shape index (κ2) is 4.59. The number of fused-ring (bicyclic) bond motifs is 1. The molecule has 0 radical (unpaired) electrons. The number of anilines is 1. The largest absolute Gasteiger partial charge is 0.492 e. The molecule has 0 saturated carbocycles. The zero-order valence-electron chi connectivity index (χ0n) is 11.1. The second-order valence-corrected chi connectivity index (χ2v) is 4.82. The molecule has 0 fully saturated rings. The lowest BCUT2D eigenvalue weighted by molar-refractivity contribution is 0.335. The first-order chi connectivity index (χ1) is 10.3. The number of para-hydroxylation sites is 1. The molecule has 0 bridgehead atoms. The van der Waals surface area contributed by atoms with Crippen LogP contribution in [0.5, 0.6) is 5.75 Å². The minimum absolute atomic E-state index is 0.0123. The van der Waals surface area contributed by atoms with Crippen LogP contribution >= 0.6 is 0 Å². The van der Waals surface area contributed by atoms with Crippen molar-refractivity contribution >= 4 is 5.69 Å². The van der Waals surface area contributed by atoms with Gasteiger partial charge in [0.25, 0.3) is 5.89 Å². The Morgan fingerprint density at radius 3 is 3.00 bits per heavy atom. The Morgan fingerprint density at radius 1 is 1.19 bits per heavy atom. The smallest absolute Gasteiger partial charge is 0.260 e. The lowest BCUT2D eigenvalue weighted by Crippen LogP contribution is -2.04. The van der Waals surface area contributed by atoms with Crippen molar-refractivity contribution < 1.29 is 9.26 Å². The molecule has 1 aliphatic heterocycles. The van der Waals surface area contributed by atoms with Gasteiger partial charge in [-0.25, -0.2) is 0 Å². The van der Waals surface area contributed by atoms with E-state index >= 15 is 0 Å². The summed E-state index contributed by atoms with van der Waals surface area (Å²) < 4.78 is 11.0. The summed E-state index contributed by atoms with van der Waals surface area (Å²) in [6.07, 6.45) is 3.21. The highest BCUT2D eigenvalue weighted by Crippen LogP contribution is 2.37. The Kier molecular flexibility index (Phi) is 2.60. The van der Waals surface area contributed by atoms with Crippen LogP contribution in [0.25, 0.3) is 11.5 Å². The van der Waals surface area contributed by atoms with Gasteiger partial charge in [-0.15, -0.1) is 0 Å². The average Bonchev–Trinajstić information content (AvgIpc) is 3.14. The Morgan fingerprint density at radius 2 is 2.10 bits per heavy atom. The summed E-state index contributed by atoms with van der Waals surface area (Å²) in [6.45, 7) is 0.518. The van der Waals surface area contributed by atoms with Crippen LogP contribution in [0, 0.1) is 0 Å². The number of aromatic nitrogens is 3. The van der Waals surface area contributed by atoms with Gasteiger partial charge in [-0.1, -0.05) is 23.4 Å². The first-order valence-corrected chi connectivity index (χ1v) is 6.58. The average molecular weight is 280 g/mol. The van der Waals surface area contributed by atoms with Crippen molar-refractivity contribution in [3.8, 4) is 17.2 Å². The van der Waals surface area contributed by atoms with E-state index < -0.39 is 0 Å². The van der Waals surface area contributed by atoms with Crippen LogP contribution in [0.2, 0.25) is 0 Å². The predicted molar refractivity (Wildman–Crippen MR) is 75.7 cm³/mol. The normalized spacial score (nSPS) is 16.5. The fourth-order valence-corrected chi connectivity index (χ4v) is 2.46. The van der Waals surface area contributed by atoms with Gasteiger partial charge >= 0.3 is 0 Å². The maximum absolute atomic E-state index is 5.88. The topological polar surface area (TPSA) is 87.1 Å². The Labute approximate surface area is 120 Å². The number of nitrogen functional groups attached to an aromatic ring is 1. The predicted octanol–water partition coefficient (Wildman–Crippen LogP) is 2.24. The van der Waals surface area contributed by atoms with E-state index in [4.69, 9.17) is 15.0 Å². The van der Waals surface area contributed by atoms with Crippen LogP contribution in [-0.2, 0) is 0 Å². The fourth-order valence-electron chi connectivity index (χ4n) is 2.46. The molecule has 6 nitrogen and oxygen atoms in total. The minimum atomic E-state index is -0.0123. The van der Waals surface area contributed by atoms with Crippen LogP contribution in [-0.4, -0.2) is 21.7 Å². The highest BCUT2D eigenvalue weighted by molar-refractivity contribution is 5.68. The monoisotopic (exact) mass is 280 g/mol. The number of benzene rings is 1. The summed E-state index contributed by atoms with van der Waals surface area (Å²) >= 11 is 0. The molecule has 2 N–H and O–H groups in total. The Hall–Kier alpha value is -2.89. The third-order valence-electron chi connectivity index (χ3n) is 3.54. The first-order valence-electron chi connectivity index (χ1n) is 6.58.